The van der Waals surface area contributed by atoms with E-state index < -0.39 is 0 Å². The lowest BCUT2D eigenvalue weighted by Crippen LogP contribution is -2.07. The first-order valence-corrected chi connectivity index (χ1v) is 6.05. The minimum Gasteiger partial charge on any atom is -0.486 e. The molecule has 0 amide bonds. The molecular weight excluding hydrogens is 230 g/mol. The van der Waals surface area contributed by atoms with Crippen molar-refractivity contribution in [3.63, 3.8) is 0 Å². The predicted molar refractivity (Wildman–Crippen MR) is 64.8 cm³/mol. The highest BCUT2D eigenvalue weighted by Crippen LogP contribution is 2.34. The Morgan fingerprint density at radius 1 is 1.28 bits per heavy atom. The smallest absolute Gasteiger partial charge is 0.189 e. The summed E-state index contributed by atoms with van der Waals surface area (Å²) in [5, 5.41) is 11.6. The van der Waals surface area contributed by atoms with Gasteiger partial charge in [0.05, 0.1) is 6.04 Å². The molecule has 18 heavy (non-hydrogen) atoms. The van der Waals surface area contributed by atoms with Gasteiger partial charge in [-0.2, -0.15) is 0 Å². The van der Waals surface area contributed by atoms with Gasteiger partial charge in [0.15, 0.2) is 5.82 Å². The van der Waals surface area contributed by atoms with Crippen LogP contribution in [0.4, 0.5) is 0 Å². The van der Waals surface area contributed by atoms with Gasteiger partial charge < -0.3 is 10.5 Å². The Kier molecular flexibility index (Phi) is 2.93. The van der Waals surface area contributed by atoms with Crippen LogP contribution in [0.5, 0.6) is 5.75 Å². The van der Waals surface area contributed by atoms with Gasteiger partial charge in [0.1, 0.15) is 12.4 Å². The van der Waals surface area contributed by atoms with Gasteiger partial charge in [-0.1, -0.05) is 12.1 Å². The molecule has 1 aliphatic rings. The zero-order chi connectivity index (χ0) is 12.4. The van der Waals surface area contributed by atoms with E-state index in [9.17, 15) is 0 Å². The van der Waals surface area contributed by atoms with Gasteiger partial charge >= 0.3 is 0 Å². The van der Waals surface area contributed by atoms with Gasteiger partial charge in [0.25, 0.3) is 0 Å². The second kappa shape index (κ2) is 4.73. The quantitative estimate of drug-likeness (QED) is 0.851. The van der Waals surface area contributed by atoms with Crippen LogP contribution in [-0.4, -0.2) is 20.2 Å². The molecule has 1 aromatic heterocycles. The fourth-order valence-electron chi connectivity index (χ4n) is 1.78. The van der Waals surface area contributed by atoms with Gasteiger partial charge in [-0.25, -0.2) is 4.68 Å². The fourth-order valence-corrected chi connectivity index (χ4v) is 1.78. The third-order valence-corrected chi connectivity index (χ3v) is 2.98. The Hall–Kier alpha value is -1.95. The Morgan fingerprint density at radius 2 is 2.06 bits per heavy atom. The summed E-state index contributed by atoms with van der Waals surface area (Å²) in [7, 11) is 0. The predicted octanol–water partition coefficient (Wildman–Crippen LogP) is 1.05. The van der Waals surface area contributed by atoms with Crippen molar-refractivity contribution in [2.75, 3.05) is 0 Å². The summed E-state index contributed by atoms with van der Waals surface area (Å²) in [5.74, 6) is 1.58. The van der Waals surface area contributed by atoms with Gasteiger partial charge in [0, 0.05) is 6.54 Å². The molecule has 0 saturated heterocycles. The maximum atomic E-state index is 5.66. The minimum absolute atomic E-state index is 0.394. The minimum atomic E-state index is 0.394. The summed E-state index contributed by atoms with van der Waals surface area (Å²) in [6, 6.07) is 8.21. The molecular formula is C12H15N5O. The number of ether oxygens (including phenoxy) is 1. The molecule has 6 heteroatoms. The second-order valence-corrected chi connectivity index (χ2v) is 4.41. The Bertz CT molecular complexity index is 518. The molecule has 1 aromatic carbocycles. The molecule has 2 aromatic rings. The molecule has 1 saturated carbocycles. The molecule has 94 valence electrons. The zero-order valence-corrected chi connectivity index (χ0v) is 9.99. The molecule has 0 unspecified atom stereocenters. The number of nitrogens with zero attached hydrogens (tertiary/aromatic N) is 4. The van der Waals surface area contributed by atoms with E-state index in [0.717, 1.165) is 30.0 Å². The molecule has 0 spiro atoms. The summed E-state index contributed by atoms with van der Waals surface area (Å²) >= 11 is 0. The van der Waals surface area contributed by atoms with E-state index in [1.165, 1.54) is 0 Å². The molecule has 0 aliphatic heterocycles. The van der Waals surface area contributed by atoms with E-state index in [0.29, 0.717) is 19.2 Å². The van der Waals surface area contributed by atoms with Crippen LogP contribution in [0.3, 0.4) is 0 Å². The SMILES string of the molecule is NCc1ccc(OCc2nnnn2C2CC2)cc1. The Labute approximate surface area is 105 Å². The van der Waals surface area contributed by atoms with Crippen LogP contribution >= 0.6 is 0 Å². The number of aromatic nitrogens is 4. The van der Waals surface area contributed by atoms with Gasteiger partial charge in [-0.15, -0.1) is 5.10 Å². The average molecular weight is 245 g/mol. The highest BCUT2D eigenvalue weighted by atomic mass is 16.5. The maximum Gasteiger partial charge on any atom is 0.189 e. The molecule has 2 N–H and O–H groups in total. The molecule has 0 atom stereocenters. The van der Waals surface area contributed by atoms with Crippen molar-refractivity contribution in [1.82, 2.24) is 20.2 Å². The summed E-state index contributed by atoms with van der Waals surface area (Å²) < 4.78 is 7.52. The highest BCUT2D eigenvalue weighted by Gasteiger charge is 2.27. The topological polar surface area (TPSA) is 78.8 Å². The summed E-state index contributed by atoms with van der Waals surface area (Å²) in [6.45, 7) is 0.936. The van der Waals surface area contributed by atoms with Crippen molar-refractivity contribution in [2.24, 2.45) is 5.73 Å². The van der Waals surface area contributed by atoms with Gasteiger partial charge in [0.2, 0.25) is 0 Å². The number of tetrazole rings is 1. The molecule has 3 rings (SSSR count). The van der Waals surface area contributed by atoms with E-state index in [4.69, 9.17) is 10.5 Å². The van der Waals surface area contributed by atoms with Crippen LogP contribution in [0, 0.1) is 0 Å². The second-order valence-electron chi connectivity index (χ2n) is 4.41. The van der Waals surface area contributed by atoms with E-state index in [1.54, 1.807) is 0 Å². The third kappa shape index (κ3) is 2.33. The zero-order valence-electron chi connectivity index (χ0n) is 9.99. The van der Waals surface area contributed by atoms with Gasteiger partial charge in [-0.3, -0.25) is 0 Å². The average Bonchev–Trinajstić information content (AvgIpc) is 3.16. The van der Waals surface area contributed by atoms with Crippen molar-refractivity contribution in [1.29, 1.82) is 0 Å². The number of benzene rings is 1. The van der Waals surface area contributed by atoms with Gasteiger partial charge in [-0.05, 0) is 41.0 Å². The number of hydrogen-bond acceptors (Lipinski definition) is 5. The van der Waals surface area contributed by atoms with Crippen LogP contribution in [0.1, 0.15) is 30.3 Å². The van der Waals surface area contributed by atoms with Crippen LogP contribution in [0.25, 0.3) is 0 Å². The first-order chi connectivity index (χ1) is 8.86. The van der Waals surface area contributed by atoms with Crippen molar-refractivity contribution in [3.8, 4) is 5.75 Å². The van der Waals surface area contributed by atoms with Crippen molar-refractivity contribution in [2.45, 2.75) is 32.0 Å². The molecule has 0 radical (unpaired) electrons. The summed E-state index contributed by atoms with van der Waals surface area (Å²) in [6.07, 6.45) is 2.31. The molecule has 6 nitrogen and oxygen atoms in total. The van der Waals surface area contributed by atoms with E-state index >= 15 is 0 Å². The first kappa shape index (κ1) is 11.2. The first-order valence-electron chi connectivity index (χ1n) is 6.05. The van der Waals surface area contributed by atoms with E-state index in [1.807, 2.05) is 28.9 Å². The van der Waals surface area contributed by atoms with E-state index in [2.05, 4.69) is 15.5 Å². The fraction of sp³-hybridized carbons (Fsp3) is 0.417. The van der Waals surface area contributed by atoms with Crippen molar-refractivity contribution in [3.05, 3.63) is 35.7 Å². The number of nitrogens with two attached hydrogens (primary N) is 1. The number of hydrogen-bond donors (Lipinski definition) is 1. The largest absolute Gasteiger partial charge is 0.486 e. The van der Waals surface area contributed by atoms with Crippen LogP contribution < -0.4 is 10.5 Å². The molecule has 0 bridgehead atoms. The monoisotopic (exact) mass is 245 g/mol. The molecule has 1 aliphatic carbocycles. The standard InChI is InChI=1S/C12H15N5O/c13-7-9-1-5-11(6-2-9)18-8-12-14-15-16-17(12)10-3-4-10/h1-2,5-6,10H,3-4,7-8,13H2. The van der Waals surface area contributed by atoms with Crippen LogP contribution in [0.2, 0.25) is 0 Å². The van der Waals surface area contributed by atoms with Crippen LogP contribution in [-0.2, 0) is 13.2 Å². The van der Waals surface area contributed by atoms with Crippen molar-refractivity contribution >= 4 is 0 Å². The lowest BCUT2D eigenvalue weighted by atomic mass is 10.2. The Morgan fingerprint density at radius 3 is 2.72 bits per heavy atom. The maximum absolute atomic E-state index is 5.66. The molecule has 1 heterocycles. The Balaban J connectivity index is 1.64. The van der Waals surface area contributed by atoms with E-state index in [-0.39, 0.29) is 0 Å². The third-order valence-electron chi connectivity index (χ3n) is 2.98. The highest BCUT2D eigenvalue weighted by molar-refractivity contribution is 5.27. The summed E-state index contributed by atoms with van der Waals surface area (Å²) in [5.41, 5.74) is 6.63. The number of rotatable bonds is 5. The molecule has 1 fully saturated rings. The lowest BCUT2D eigenvalue weighted by molar-refractivity contribution is 0.286. The van der Waals surface area contributed by atoms with Crippen LogP contribution in [0.15, 0.2) is 24.3 Å². The summed E-state index contributed by atoms with van der Waals surface area (Å²) in [4.78, 5) is 0. The van der Waals surface area contributed by atoms with Crippen molar-refractivity contribution < 1.29 is 4.74 Å². The normalized spacial score (nSPS) is 14.7. The lowest BCUT2D eigenvalue weighted by Gasteiger charge is -2.06.